The number of hydrogen-bond donors (Lipinski definition) is 1. The van der Waals surface area contributed by atoms with Crippen molar-refractivity contribution in [1.82, 2.24) is 15.3 Å². The Morgan fingerprint density at radius 2 is 1.81 bits per heavy atom. The number of rotatable bonds is 4. The second-order valence-electron chi connectivity index (χ2n) is 7.86. The van der Waals surface area contributed by atoms with E-state index >= 15 is 0 Å². The van der Waals surface area contributed by atoms with Crippen molar-refractivity contribution in [2.24, 2.45) is 5.92 Å². The second kappa shape index (κ2) is 7.98. The molecule has 1 aliphatic rings. The molecule has 1 saturated heterocycles. The van der Waals surface area contributed by atoms with Crippen LogP contribution in [0.2, 0.25) is 0 Å². The van der Waals surface area contributed by atoms with Crippen molar-refractivity contribution >= 4 is 22.9 Å². The molecule has 0 aliphatic carbocycles. The van der Waals surface area contributed by atoms with Crippen LogP contribution in [0.25, 0.3) is 11.0 Å². The summed E-state index contributed by atoms with van der Waals surface area (Å²) in [6, 6.07) is 7.80. The highest BCUT2D eigenvalue weighted by molar-refractivity contribution is 5.77. The fourth-order valence-electron chi connectivity index (χ4n) is 3.21. The average molecular weight is 372 g/mol. The zero-order valence-corrected chi connectivity index (χ0v) is 16.5. The van der Waals surface area contributed by atoms with Gasteiger partial charge in [-0.3, -0.25) is 0 Å². The fraction of sp³-hybridized carbons (Fsp3) is 0.550. The van der Waals surface area contributed by atoms with Crippen LogP contribution in [0.3, 0.4) is 0 Å². The molecule has 0 radical (unpaired) electrons. The van der Waals surface area contributed by atoms with E-state index in [4.69, 9.17) is 14.5 Å². The molecule has 7 heteroatoms. The summed E-state index contributed by atoms with van der Waals surface area (Å²) in [5, 5.41) is 2.88. The van der Waals surface area contributed by atoms with Crippen molar-refractivity contribution in [3.8, 4) is 5.88 Å². The van der Waals surface area contributed by atoms with Gasteiger partial charge in [0.2, 0.25) is 0 Å². The number of nitrogens with zero attached hydrogens (tertiary/aromatic N) is 3. The number of carbonyl (C=O) groups excluding carboxylic acids is 1. The van der Waals surface area contributed by atoms with Crippen LogP contribution >= 0.6 is 0 Å². The Morgan fingerprint density at radius 3 is 2.41 bits per heavy atom. The predicted molar refractivity (Wildman–Crippen MR) is 105 cm³/mol. The zero-order valence-electron chi connectivity index (χ0n) is 16.5. The van der Waals surface area contributed by atoms with E-state index in [1.54, 1.807) is 7.11 Å². The first-order valence-corrected chi connectivity index (χ1v) is 9.38. The molecule has 27 heavy (non-hydrogen) atoms. The minimum atomic E-state index is -0.473. The summed E-state index contributed by atoms with van der Waals surface area (Å²) in [5.74, 6) is 1.77. The van der Waals surface area contributed by atoms with Crippen LogP contribution in [-0.4, -0.2) is 48.4 Å². The minimum Gasteiger partial charge on any atom is -0.478 e. The second-order valence-corrected chi connectivity index (χ2v) is 7.86. The summed E-state index contributed by atoms with van der Waals surface area (Å²) >= 11 is 0. The number of piperidine rings is 1. The van der Waals surface area contributed by atoms with E-state index in [2.05, 4.69) is 15.2 Å². The lowest BCUT2D eigenvalue weighted by molar-refractivity contribution is 0.0517. The molecule has 0 unspecified atom stereocenters. The lowest BCUT2D eigenvalue weighted by atomic mass is 9.97. The van der Waals surface area contributed by atoms with E-state index in [1.165, 1.54) is 0 Å². The minimum absolute atomic E-state index is 0.355. The van der Waals surface area contributed by atoms with Gasteiger partial charge in [-0.1, -0.05) is 12.1 Å². The van der Waals surface area contributed by atoms with Crippen molar-refractivity contribution in [1.29, 1.82) is 0 Å². The molecule has 0 spiro atoms. The van der Waals surface area contributed by atoms with Gasteiger partial charge >= 0.3 is 6.09 Å². The maximum Gasteiger partial charge on any atom is 0.407 e. The largest absolute Gasteiger partial charge is 0.478 e. The monoisotopic (exact) mass is 372 g/mol. The molecule has 1 aromatic carbocycles. The SMILES string of the molecule is COc1nc2ccccc2nc1N1CCC(CNC(=O)OC(C)(C)C)CC1. The Balaban J connectivity index is 1.59. The van der Waals surface area contributed by atoms with E-state index in [0.717, 1.165) is 42.8 Å². The number of anilines is 1. The molecule has 1 N–H and O–H groups in total. The van der Waals surface area contributed by atoms with E-state index in [0.29, 0.717) is 18.3 Å². The van der Waals surface area contributed by atoms with Crippen LogP contribution in [0, 0.1) is 5.92 Å². The van der Waals surface area contributed by atoms with E-state index in [9.17, 15) is 4.79 Å². The van der Waals surface area contributed by atoms with Crippen molar-refractivity contribution in [3.05, 3.63) is 24.3 Å². The number of ether oxygens (including phenoxy) is 2. The zero-order chi connectivity index (χ0) is 19.4. The Hall–Kier alpha value is -2.57. The van der Waals surface area contributed by atoms with Crippen LogP contribution in [0.4, 0.5) is 10.6 Å². The highest BCUT2D eigenvalue weighted by atomic mass is 16.6. The van der Waals surface area contributed by atoms with Gasteiger partial charge < -0.3 is 19.7 Å². The number of aromatic nitrogens is 2. The van der Waals surface area contributed by atoms with Crippen LogP contribution in [0.1, 0.15) is 33.6 Å². The maximum atomic E-state index is 11.8. The number of para-hydroxylation sites is 2. The summed E-state index contributed by atoms with van der Waals surface area (Å²) in [4.78, 5) is 23.4. The molecule has 146 valence electrons. The first-order valence-electron chi connectivity index (χ1n) is 9.38. The normalized spacial score (nSPS) is 15.6. The average Bonchev–Trinajstić information content (AvgIpc) is 2.64. The van der Waals surface area contributed by atoms with Gasteiger partial charge in [-0.2, -0.15) is 0 Å². The van der Waals surface area contributed by atoms with Crippen molar-refractivity contribution in [2.75, 3.05) is 31.6 Å². The number of hydrogen-bond acceptors (Lipinski definition) is 6. The Labute approximate surface area is 160 Å². The fourth-order valence-corrected chi connectivity index (χ4v) is 3.21. The van der Waals surface area contributed by atoms with Crippen LogP contribution < -0.4 is 15.0 Å². The summed E-state index contributed by atoms with van der Waals surface area (Å²) in [5.41, 5.74) is 1.22. The summed E-state index contributed by atoms with van der Waals surface area (Å²) in [7, 11) is 1.62. The van der Waals surface area contributed by atoms with Crippen molar-refractivity contribution in [3.63, 3.8) is 0 Å². The number of methoxy groups -OCH3 is 1. The van der Waals surface area contributed by atoms with Crippen molar-refractivity contribution < 1.29 is 14.3 Å². The molecule has 0 atom stereocenters. The highest BCUT2D eigenvalue weighted by Gasteiger charge is 2.25. The molecule has 3 rings (SSSR count). The van der Waals surface area contributed by atoms with E-state index in [-0.39, 0.29) is 6.09 Å². The Bertz CT molecular complexity index is 795. The highest BCUT2D eigenvalue weighted by Crippen LogP contribution is 2.30. The number of amides is 1. The lowest BCUT2D eigenvalue weighted by Crippen LogP contribution is -2.40. The molecule has 0 saturated carbocycles. The standard InChI is InChI=1S/C20H28N4O3/c1-20(2,3)27-19(25)21-13-14-9-11-24(12-10-14)17-18(26-4)23-16-8-6-5-7-15(16)22-17/h5-8,14H,9-13H2,1-4H3,(H,21,25). The molecule has 2 aromatic rings. The van der Waals surface area contributed by atoms with Gasteiger partial charge in [-0.15, -0.1) is 0 Å². The van der Waals surface area contributed by atoms with Gasteiger partial charge in [-0.05, 0) is 51.7 Å². The molecular weight excluding hydrogens is 344 g/mol. The topological polar surface area (TPSA) is 76.6 Å². The Kier molecular flexibility index (Phi) is 5.68. The van der Waals surface area contributed by atoms with Gasteiger partial charge in [0.05, 0.1) is 18.1 Å². The molecular formula is C20H28N4O3. The van der Waals surface area contributed by atoms with Gasteiger partial charge in [-0.25, -0.2) is 14.8 Å². The number of fused-ring (bicyclic) bond motifs is 1. The summed E-state index contributed by atoms with van der Waals surface area (Å²) in [6.45, 7) is 7.92. The van der Waals surface area contributed by atoms with Crippen molar-refractivity contribution in [2.45, 2.75) is 39.2 Å². The van der Waals surface area contributed by atoms with Crippen LogP contribution in [0.5, 0.6) is 5.88 Å². The number of carbonyl (C=O) groups is 1. The number of alkyl carbamates (subject to hydrolysis) is 1. The molecule has 1 aliphatic heterocycles. The van der Waals surface area contributed by atoms with Gasteiger partial charge in [0.15, 0.2) is 5.82 Å². The van der Waals surface area contributed by atoms with Crippen LogP contribution in [0.15, 0.2) is 24.3 Å². The first kappa shape index (κ1) is 19.2. The molecule has 2 heterocycles. The van der Waals surface area contributed by atoms with Crippen LogP contribution in [-0.2, 0) is 4.74 Å². The van der Waals surface area contributed by atoms with Gasteiger partial charge in [0.1, 0.15) is 5.60 Å². The lowest BCUT2D eigenvalue weighted by Gasteiger charge is -2.33. The summed E-state index contributed by atoms with van der Waals surface area (Å²) < 4.78 is 10.8. The van der Waals surface area contributed by atoms with E-state index in [1.807, 2.05) is 45.0 Å². The van der Waals surface area contributed by atoms with E-state index < -0.39 is 5.60 Å². The van der Waals surface area contributed by atoms with Gasteiger partial charge in [0.25, 0.3) is 5.88 Å². The van der Waals surface area contributed by atoms with Gasteiger partial charge in [0, 0.05) is 19.6 Å². The third kappa shape index (κ3) is 4.99. The third-order valence-corrected chi connectivity index (χ3v) is 4.56. The quantitative estimate of drug-likeness (QED) is 0.887. The predicted octanol–water partition coefficient (Wildman–Crippen LogP) is 3.38. The number of nitrogens with one attached hydrogen (secondary N) is 1. The Morgan fingerprint density at radius 1 is 1.19 bits per heavy atom. The molecule has 1 amide bonds. The molecule has 1 aromatic heterocycles. The molecule has 7 nitrogen and oxygen atoms in total. The first-order chi connectivity index (χ1) is 12.9. The third-order valence-electron chi connectivity index (χ3n) is 4.56. The molecule has 0 bridgehead atoms. The maximum absolute atomic E-state index is 11.8. The number of benzene rings is 1. The summed E-state index contributed by atoms with van der Waals surface area (Å²) in [6.07, 6.45) is 1.58. The smallest absolute Gasteiger partial charge is 0.407 e. The molecule has 1 fully saturated rings.